The number of esters is 1. The summed E-state index contributed by atoms with van der Waals surface area (Å²) in [5.41, 5.74) is 6.81. The molecule has 29 heavy (non-hydrogen) atoms. The van der Waals surface area contributed by atoms with Crippen LogP contribution in [0.4, 0.5) is 0 Å². The molecule has 0 bridgehead atoms. The number of hydrogen-bond acceptors (Lipinski definition) is 5. The Morgan fingerprint density at radius 2 is 1.59 bits per heavy atom. The first-order valence-electron chi connectivity index (χ1n) is 9.63. The maximum absolute atomic E-state index is 12.8. The number of nitrogens with two attached hydrogens (primary N) is 1. The van der Waals surface area contributed by atoms with Crippen molar-refractivity contribution in [3.05, 3.63) is 35.9 Å². The minimum absolute atomic E-state index is 0. The van der Waals surface area contributed by atoms with E-state index in [1.54, 1.807) is 0 Å². The zero-order valence-corrected chi connectivity index (χ0v) is 18.6. The van der Waals surface area contributed by atoms with Gasteiger partial charge in [0, 0.05) is 6.42 Å². The predicted molar refractivity (Wildman–Crippen MR) is 116 cm³/mol. The number of hydrogen-bond donors (Lipinski definition) is 3. The molecule has 0 aliphatic heterocycles. The van der Waals surface area contributed by atoms with E-state index in [0.29, 0.717) is 12.8 Å². The highest BCUT2D eigenvalue weighted by Gasteiger charge is 2.30. The number of ether oxygens (including phenoxy) is 1. The van der Waals surface area contributed by atoms with Crippen LogP contribution in [0.25, 0.3) is 0 Å². The summed E-state index contributed by atoms with van der Waals surface area (Å²) in [7, 11) is 1.28. The zero-order valence-electron chi connectivity index (χ0n) is 17.8. The van der Waals surface area contributed by atoms with Crippen LogP contribution in [0.15, 0.2) is 30.3 Å². The lowest BCUT2D eigenvalue weighted by Crippen LogP contribution is -2.56. The fourth-order valence-electron chi connectivity index (χ4n) is 2.86. The van der Waals surface area contributed by atoms with Gasteiger partial charge in [-0.3, -0.25) is 9.59 Å². The zero-order chi connectivity index (χ0) is 21.3. The van der Waals surface area contributed by atoms with Gasteiger partial charge in [-0.2, -0.15) is 0 Å². The number of benzene rings is 1. The van der Waals surface area contributed by atoms with Crippen LogP contribution < -0.4 is 16.4 Å². The maximum atomic E-state index is 12.8. The molecule has 0 aliphatic rings. The number of amides is 2. The second-order valence-corrected chi connectivity index (χ2v) is 7.74. The van der Waals surface area contributed by atoms with Crippen molar-refractivity contribution in [3.63, 3.8) is 0 Å². The first-order valence-corrected chi connectivity index (χ1v) is 9.63. The highest BCUT2D eigenvalue weighted by atomic mass is 35.5. The third kappa shape index (κ3) is 9.28. The minimum Gasteiger partial charge on any atom is -0.467 e. The summed E-state index contributed by atoms with van der Waals surface area (Å²) in [6, 6.07) is 7.01. The van der Waals surface area contributed by atoms with Gasteiger partial charge in [0.05, 0.1) is 13.2 Å². The van der Waals surface area contributed by atoms with Crippen molar-refractivity contribution in [2.75, 3.05) is 7.11 Å². The van der Waals surface area contributed by atoms with Crippen molar-refractivity contribution in [1.29, 1.82) is 0 Å². The Morgan fingerprint density at radius 1 is 1.00 bits per heavy atom. The SMILES string of the molecule is COC(=O)[C@H](Cc1ccccc1)NC(=O)[C@@H](NC(=O)[C@@H](N)CC(C)C)C(C)C.Cl. The van der Waals surface area contributed by atoms with Crippen LogP contribution in [0, 0.1) is 11.8 Å². The Morgan fingerprint density at radius 3 is 2.07 bits per heavy atom. The molecule has 0 saturated carbocycles. The van der Waals surface area contributed by atoms with Gasteiger partial charge in [0.25, 0.3) is 0 Å². The average molecular weight is 428 g/mol. The summed E-state index contributed by atoms with van der Waals surface area (Å²) in [6.07, 6.45) is 0.821. The first-order chi connectivity index (χ1) is 13.1. The quantitative estimate of drug-likeness (QED) is 0.493. The van der Waals surface area contributed by atoms with E-state index in [1.807, 2.05) is 58.0 Å². The summed E-state index contributed by atoms with van der Waals surface area (Å²) < 4.78 is 4.83. The molecule has 0 heterocycles. The molecule has 0 radical (unpaired) electrons. The fourth-order valence-corrected chi connectivity index (χ4v) is 2.86. The van der Waals surface area contributed by atoms with Gasteiger partial charge in [-0.05, 0) is 23.8 Å². The van der Waals surface area contributed by atoms with Crippen molar-refractivity contribution < 1.29 is 19.1 Å². The Bertz CT molecular complexity index is 653. The molecule has 0 aliphatic carbocycles. The molecule has 164 valence electrons. The summed E-state index contributed by atoms with van der Waals surface area (Å²) in [5.74, 6) is -1.26. The van der Waals surface area contributed by atoms with Crippen LogP contribution in [0.1, 0.15) is 39.7 Å². The Balaban J connectivity index is 0.00000784. The van der Waals surface area contributed by atoms with Gasteiger partial charge in [-0.25, -0.2) is 4.79 Å². The van der Waals surface area contributed by atoms with Gasteiger partial charge in [0.1, 0.15) is 12.1 Å². The maximum Gasteiger partial charge on any atom is 0.328 e. The van der Waals surface area contributed by atoms with E-state index in [-0.39, 0.29) is 30.2 Å². The molecule has 1 aromatic rings. The smallest absolute Gasteiger partial charge is 0.328 e. The van der Waals surface area contributed by atoms with Gasteiger partial charge in [-0.15, -0.1) is 12.4 Å². The molecule has 4 N–H and O–H groups in total. The van der Waals surface area contributed by atoms with E-state index in [9.17, 15) is 14.4 Å². The second-order valence-electron chi connectivity index (χ2n) is 7.74. The van der Waals surface area contributed by atoms with E-state index in [4.69, 9.17) is 10.5 Å². The van der Waals surface area contributed by atoms with Crippen molar-refractivity contribution >= 4 is 30.2 Å². The van der Waals surface area contributed by atoms with Gasteiger partial charge >= 0.3 is 5.97 Å². The molecule has 2 amide bonds. The second kappa shape index (κ2) is 13.2. The third-order valence-corrected chi connectivity index (χ3v) is 4.39. The number of methoxy groups -OCH3 is 1. The van der Waals surface area contributed by atoms with Crippen LogP contribution in [0.2, 0.25) is 0 Å². The highest BCUT2D eigenvalue weighted by molar-refractivity contribution is 5.92. The largest absolute Gasteiger partial charge is 0.467 e. The van der Waals surface area contributed by atoms with Gasteiger partial charge in [-0.1, -0.05) is 58.0 Å². The van der Waals surface area contributed by atoms with Crippen molar-refractivity contribution in [1.82, 2.24) is 10.6 Å². The van der Waals surface area contributed by atoms with E-state index in [2.05, 4.69) is 10.6 Å². The number of halogens is 1. The minimum atomic E-state index is -0.845. The molecule has 7 nitrogen and oxygen atoms in total. The molecule has 0 fully saturated rings. The Labute approximate surface area is 179 Å². The van der Waals surface area contributed by atoms with E-state index in [0.717, 1.165) is 5.56 Å². The van der Waals surface area contributed by atoms with Crippen molar-refractivity contribution in [2.45, 2.75) is 58.7 Å². The van der Waals surface area contributed by atoms with Crippen LogP contribution in [-0.2, 0) is 25.5 Å². The van der Waals surface area contributed by atoms with E-state index in [1.165, 1.54) is 7.11 Å². The number of carbonyl (C=O) groups is 3. The molecule has 0 saturated heterocycles. The Kier molecular flexibility index (Phi) is 12.2. The molecule has 3 atom stereocenters. The lowest BCUT2D eigenvalue weighted by atomic mass is 9.99. The topological polar surface area (TPSA) is 111 Å². The first kappa shape index (κ1) is 26.9. The predicted octanol–water partition coefficient (Wildman–Crippen LogP) is 1.82. The number of rotatable bonds is 10. The molecule has 8 heteroatoms. The molecule has 0 spiro atoms. The third-order valence-electron chi connectivity index (χ3n) is 4.39. The van der Waals surface area contributed by atoms with E-state index < -0.39 is 30.0 Å². The standard InChI is InChI=1S/C21H33N3O4.ClH/c1-13(2)11-16(22)19(25)24-18(14(3)4)20(26)23-17(21(27)28-5)12-15-9-7-6-8-10-15;/h6-10,13-14,16-18H,11-12,22H2,1-5H3,(H,23,26)(H,24,25);1H/t16-,17-,18-;/m0./s1. The van der Waals surface area contributed by atoms with Crippen molar-refractivity contribution in [3.8, 4) is 0 Å². The molecular formula is C21H34ClN3O4. The van der Waals surface area contributed by atoms with Gasteiger partial charge < -0.3 is 21.1 Å². The average Bonchev–Trinajstić information content (AvgIpc) is 2.64. The normalized spacial score (nSPS) is 13.8. The van der Waals surface area contributed by atoms with Crippen LogP contribution in [-0.4, -0.2) is 43.0 Å². The highest BCUT2D eigenvalue weighted by Crippen LogP contribution is 2.09. The molecule has 1 aromatic carbocycles. The van der Waals surface area contributed by atoms with Crippen LogP contribution >= 0.6 is 12.4 Å². The summed E-state index contributed by atoms with van der Waals surface area (Å²) in [6.45, 7) is 7.60. The number of carbonyl (C=O) groups excluding carboxylic acids is 3. The van der Waals surface area contributed by atoms with E-state index >= 15 is 0 Å². The van der Waals surface area contributed by atoms with Gasteiger partial charge in [0.2, 0.25) is 11.8 Å². The van der Waals surface area contributed by atoms with Crippen LogP contribution in [0.5, 0.6) is 0 Å². The summed E-state index contributed by atoms with van der Waals surface area (Å²) >= 11 is 0. The fraction of sp³-hybridized carbons (Fsp3) is 0.571. The monoisotopic (exact) mass is 427 g/mol. The van der Waals surface area contributed by atoms with Crippen LogP contribution in [0.3, 0.4) is 0 Å². The summed E-state index contributed by atoms with van der Waals surface area (Å²) in [4.78, 5) is 37.3. The summed E-state index contributed by atoms with van der Waals surface area (Å²) in [5, 5.41) is 5.43. The molecule has 0 aromatic heterocycles. The van der Waals surface area contributed by atoms with Gasteiger partial charge in [0.15, 0.2) is 0 Å². The lowest BCUT2D eigenvalue weighted by Gasteiger charge is -2.26. The lowest BCUT2D eigenvalue weighted by molar-refractivity contribution is -0.145. The molecular weight excluding hydrogens is 394 g/mol. The van der Waals surface area contributed by atoms with Crippen molar-refractivity contribution in [2.24, 2.45) is 17.6 Å². The number of nitrogens with one attached hydrogen (secondary N) is 2. The Hall–Kier alpha value is -2.12. The molecule has 1 rings (SSSR count). The molecule has 0 unspecified atom stereocenters.